The lowest BCUT2D eigenvalue weighted by Gasteiger charge is -2.72. The molecule has 0 aromatic carbocycles. The smallest absolute Gasteiger partial charge is 0.312 e. The van der Waals surface area contributed by atoms with Gasteiger partial charge in [0.1, 0.15) is 5.78 Å². The minimum Gasteiger partial charge on any atom is -0.469 e. The topological polar surface area (TPSA) is 63.6 Å². The Morgan fingerprint density at radius 1 is 0.857 bits per heavy atom. The molecular weight excluding hydrogens is 436 g/mol. The molecule has 5 fully saturated rings. The van der Waals surface area contributed by atoms with Gasteiger partial charge in [-0.25, -0.2) is 0 Å². The number of aliphatic hydroxyl groups is 1. The van der Waals surface area contributed by atoms with Crippen LogP contribution < -0.4 is 0 Å². The minimum absolute atomic E-state index is 0.0569. The Morgan fingerprint density at radius 2 is 1.51 bits per heavy atom. The monoisotopic (exact) mass is 486 g/mol. The van der Waals surface area contributed by atoms with Crippen LogP contribution in [0.25, 0.3) is 0 Å². The molecule has 35 heavy (non-hydrogen) atoms. The highest BCUT2D eigenvalue weighted by Crippen LogP contribution is 2.76. The summed E-state index contributed by atoms with van der Waals surface area (Å²) in [5, 5.41) is 10.9. The lowest BCUT2D eigenvalue weighted by Crippen LogP contribution is -2.69. The Labute approximate surface area is 213 Å². The summed E-state index contributed by atoms with van der Waals surface area (Å²) in [6.45, 7) is 16.5. The van der Waals surface area contributed by atoms with Crippen LogP contribution in [0.15, 0.2) is 0 Å². The Hall–Kier alpha value is -0.900. The van der Waals surface area contributed by atoms with Gasteiger partial charge in [0.15, 0.2) is 0 Å². The van der Waals surface area contributed by atoms with Gasteiger partial charge in [0.25, 0.3) is 0 Å². The van der Waals surface area contributed by atoms with Crippen LogP contribution in [0, 0.1) is 56.2 Å². The Bertz CT molecular complexity index is 921. The molecule has 0 aromatic heterocycles. The molecule has 0 unspecified atom stereocenters. The molecule has 9 atom stereocenters. The number of carbonyl (C=O) groups excluding carboxylic acids is 2. The van der Waals surface area contributed by atoms with Crippen LogP contribution in [-0.4, -0.2) is 30.1 Å². The number of rotatable bonds is 1. The van der Waals surface area contributed by atoms with Gasteiger partial charge in [0.05, 0.1) is 18.6 Å². The molecule has 1 N–H and O–H groups in total. The lowest BCUT2D eigenvalue weighted by molar-refractivity contribution is -0.246. The fourth-order valence-corrected chi connectivity index (χ4v) is 11.3. The molecule has 0 spiro atoms. The second-order valence-corrected chi connectivity index (χ2v) is 15.6. The Kier molecular flexibility index (Phi) is 5.57. The third-order valence-corrected chi connectivity index (χ3v) is 13.6. The minimum atomic E-state index is -0.495. The summed E-state index contributed by atoms with van der Waals surface area (Å²) in [6, 6.07) is 0. The van der Waals surface area contributed by atoms with Crippen LogP contribution in [0.4, 0.5) is 0 Å². The first kappa shape index (κ1) is 25.7. The predicted octanol–water partition coefficient (Wildman–Crippen LogP) is 6.58. The summed E-state index contributed by atoms with van der Waals surface area (Å²) < 4.78 is 5.44. The third-order valence-electron chi connectivity index (χ3n) is 13.6. The number of aliphatic hydroxyl groups excluding tert-OH is 1. The van der Waals surface area contributed by atoms with E-state index in [-0.39, 0.29) is 51.0 Å². The first-order chi connectivity index (χ1) is 16.1. The van der Waals surface area contributed by atoms with Crippen LogP contribution in [0.5, 0.6) is 0 Å². The number of carbonyl (C=O) groups is 2. The molecule has 5 rings (SSSR count). The molecule has 0 radical (unpaired) electrons. The number of esters is 1. The summed E-state index contributed by atoms with van der Waals surface area (Å²) in [7, 11) is 1.53. The van der Waals surface area contributed by atoms with Crippen molar-refractivity contribution in [1.82, 2.24) is 0 Å². The summed E-state index contributed by atoms with van der Waals surface area (Å²) in [4.78, 5) is 27.8. The van der Waals surface area contributed by atoms with Crippen molar-refractivity contribution in [3.05, 3.63) is 0 Å². The number of Topliss-reactive ketones (excluding diaryl/α,β-unsaturated/α-hetero) is 1. The van der Waals surface area contributed by atoms with Crippen molar-refractivity contribution in [3.63, 3.8) is 0 Å². The summed E-state index contributed by atoms with van der Waals surface area (Å²) in [5.41, 5.74) is -0.427. The molecule has 0 heterocycles. The van der Waals surface area contributed by atoms with Gasteiger partial charge in [-0.3, -0.25) is 9.59 Å². The molecule has 5 aliphatic rings. The van der Waals surface area contributed by atoms with E-state index < -0.39 is 5.41 Å². The van der Waals surface area contributed by atoms with E-state index in [1.54, 1.807) is 0 Å². The second-order valence-electron chi connectivity index (χ2n) is 15.6. The fraction of sp³-hybridized carbons (Fsp3) is 0.935. The highest BCUT2D eigenvalue weighted by Gasteiger charge is 2.73. The van der Waals surface area contributed by atoms with E-state index in [0.717, 1.165) is 57.8 Å². The number of hydrogen-bond acceptors (Lipinski definition) is 4. The highest BCUT2D eigenvalue weighted by atomic mass is 16.5. The van der Waals surface area contributed by atoms with E-state index >= 15 is 0 Å². The number of fused-ring (bicyclic) bond motifs is 7. The predicted molar refractivity (Wildman–Crippen MR) is 137 cm³/mol. The van der Waals surface area contributed by atoms with Crippen molar-refractivity contribution in [1.29, 1.82) is 0 Å². The van der Waals surface area contributed by atoms with E-state index in [1.807, 2.05) is 0 Å². The molecule has 0 aromatic rings. The molecular formula is C31H50O4. The molecule has 0 amide bonds. The fourth-order valence-electron chi connectivity index (χ4n) is 11.3. The standard InChI is InChI=1S/C31H50O4/c1-26(2)13-15-31(25(34)35-8)16-14-30(7)24(19(31)18-26)20(32)17-22-28(5)11-10-23(33)27(3,4)21(28)9-12-29(22,30)6/h19,21-24,33H,9-18H2,1-8H3/t19-,21-,22+,23-,24-,28-,29+,30+,31-/m0/s1. The summed E-state index contributed by atoms with van der Waals surface area (Å²) >= 11 is 0. The van der Waals surface area contributed by atoms with E-state index in [9.17, 15) is 14.7 Å². The van der Waals surface area contributed by atoms with Crippen LogP contribution >= 0.6 is 0 Å². The van der Waals surface area contributed by atoms with Crippen LogP contribution in [-0.2, 0) is 14.3 Å². The van der Waals surface area contributed by atoms with E-state index in [0.29, 0.717) is 24.0 Å². The van der Waals surface area contributed by atoms with E-state index in [2.05, 4.69) is 48.5 Å². The van der Waals surface area contributed by atoms with E-state index in [1.165, 1.54) is 7.11 Å². The first-order valence-electron chi connectivity index (χ1n) is 14.4. The molecule has 5 aliphatic carbocycles. The lowest BCUT2D eigenvalue weighted by atomic mass is 9.31. The van der Waals surface area contributed by atoms with Gasteiger partial charge in [0, 0.05) is 12.3 Å². The molecule has 0 aliphatic heterocycles. The average molecular weight is 487 g/mol. The van der Waals surface area contributed by atoms with Gasteiger partial charge in [-0.15, -0.1) is 0 Å². The average Bonchev–Trinajstić information content (AvgIpc) is 2.77. The van der Waals surface area contributed by atoms with Gasteiger partial charge in [0.2, 0.25) is 0 Å². The van der Waals surface area contributed by atoms with Crippen molar-refractivity contribution in [3.8, 4) is 0 Å². The van der Waals surface area contributed by atoms with E-state index in [4.69, 9.17) is 4.74 Å². The summed E-state index contributed by atoms with van der Waals surface area (Å²) in [6.07, 6.45) is 9.09. The van der Waals surface area contributed by atoms with Gasteiger partial charge in [-0.2, -0.15) is 0 Å². The number of hydrogen-bond donors (Lipinski definition) is 1. The normalized spacial score (nSPS) is 52.4. The molecule has 0 saturated heterocycles. The quantitative estimate of drug-likeness (QED) is 0.425. The second kappa shape index (κ2) is 7.58. The van der Waals surface area contributed by atoms with Gasteiger partial charge in [-0.05, 0) is 103 Å². The van der Waals surface area contributed by atoms with Gasteiger partial charge in [-0.1, -0.05) is 48.5 Å². The Balaban J connectivity index is 1.59. The van der Waals surface area contributed by atoms with Crippen molar-refractivity contribution in [2.75, 3.05) is 7.11 Å². The van der Waals surface area contributed by atoms with Crippen molar-refractivity contribution < 1.29 is 19.4 Å². The van der Waals surface area contributed by atoms with Crippen LogP contribution in [0.3, 0.4) is 0 Å². The van der Waals surface area contributed by atoms with Crippen molar-refractivity contribution >= 4 is 11.8 Å². The SMILES string of the molecule is COC(=O)[C@]12CCC(C)(C)C[C@H]1[C@H]1C(=O)C[C@@H]3[C@@]4(C)CC[C@H](O)C(C)(C)[C@@H]4CC[C@@]3(C)[C@]1(C)CC2. The summed E-state index contributed by atoms with van der Waals surface area (Å²) in [5.74, 6) is 1.15. The third kappa shape index (κ3) is 3.13. The molecule has 4 nitrogen and oxygen atoms in total. The zero-order valence-corrected chi connectivity index (χ0v) is 23.6. The van der Waals surface area contributed by atoms with Crippen molar-refractivity contribution in [2.24, 2.45) is 56.2 Å². The molecule has 4 heteroatoms. The zero-order chi connectivity index (χ0) is 25.8. The molecule has 0 bridgehead atoms. The number of methoxy groups -OCH3 is 1. The molecule has 5 saturated carbocycles. The number of ketones is 1. The van der Waals surface area contributed by atoms with Crippen LogP contribution in [0.2, 0.25) is 0 Å². The van der Waals surface area contributed by atoms with Gasteiger partial charge >= 0.3 is 5.97 Å². The van der Waals surface area contributed by atoms with Crippen LogP contribution in [0.1, 0.15) is 113 Å². The van der Waals surface area contributed by atoms with Crippen molar-refractivity contribution in [2.45, 2.75) is 119 Å². The first-order valence-corrected chi connectivity index (χ1v) is 14.4. The zero-order valence-electron chi connectivity index (χ0n) is 23.6. The highest BCUT2D eigenvalue weighted by molar-refractivity contribution is 5.86. The maximum Gasteiger partial charge on any atom is 0.312 e. The largest absolute Gasteiger partial charge is 0.469 e. The van der Waals surface area contributed by atoms with Gasteiger partial charge < -0.3 is 9.84 Å². The molecule has 198 valence electrons. The Morgan fingerprint density at radius 3 is 2.17 bits per heavy atom. The number of ether oxygens (including phenoxy) is 1. The maximum absolute atomic E-state index is 14.4. The maximum atomic E-state index is 14.4.